The molecule has 2 aliphatic rings. The molecule has 2 heterocycles. The van der Waals surface area contributed by atoms with Gasteiger partial charge in [-0.25, -0.2) is 0 Å². The Morgan fingerprint density at radius 3 is 2.71 bits per heavy atom. The summed E-state index contributed by atoms with van der Waals surface area (Å²) < 4.78 is 8.19. The van der Waals surface area contributed by atoms with Crippen molar-refractivity contribution in [1.82, 2.24) is 20.0 Å². The van der Waals surface area contributed by atoms with E-state index < -0.39 is 0 Å². The Labute approximate surface area is 189 Å². The smallest absolute Gasteiger partial charge is 0.251 e. The molecule has 0 unspecified atom stereocenters. The van der Waals surface area contributed by atoms with Gasteiger partial charge in [0.05, 0.1) is 5.02 Å². The van der Waals surface area contributed by atoms with E-state index in [9.17, 15) is 4.79 Å². The van der Waals surface area contributed by atoms with Crippen LogP contribution in [0.1, 0.15) is 62.2 Å². The van der Waals surface area contributed by atoms with Crippen LogP contribution in [-0.4, -0.2) is 51.9 Å². The topological polar surface area (TPSA) is 59.4 Å². The summed E-state index contributed by atoms with van der Waals surface area (Å²) in [4.78, 5) is 15.0. The van der Waals surface area contributed by atoms with Crippen LogP contribution in [0.5, 0.6) is 5.75 Å². The van der Waals surface area contributed by atoms with Gasteiger partial charge in [-0.1, -0.05) is 24.4 Å². The standard InChI is InChI=1S/C24H33ClN4O2/c1-18(9-16-29-13-4-12-26-29)28-14-10-21(11-15-28)31-23-8-7-19(17-22(23)25)24(30)27-20-5-2-3-6-20/h4,7-8,12-13,17-18,20-21H,2-3,5-6,9-11,14-16H2,1H3,(H,27,30)/t18-/m1/s1. The maximum Gasteiger partial charge on any atom is 0.251 e. The number of hydrogen-bond acceptors (Lipinski definition) is 4. The molecular formula is C24H33ClN4O2. The lowest BCUT2D eigenvalue weighted by atomic mass is 10.0. The molecule has 2 aromatic rings. The van der Waals surface area contributed by atoms with Gasteiger partial charge in [0.2, 0.25) is 0 Å². The van der Waals surface area contributed by atoms with Crippen molar-refractivity contribution in [2.45, 2.75) is 76.6 Å². The molecule has 1 aliphatic carbocycles. The summed E-state index contributed by atoms with van der Waals surface area (Å²) in [6, 6.07) is 8.17. The Morgan fingerprint density at radius 2 is 2.03 bits per heavy atom. The zero-order chi connectivity index (χ0) is 21.6. The number of rotatable bonds is 8. The second-order valence-electron chi connectivity index (χ2n) is 8.86. The molecule has 1 aliphatic heterocycles. The number of nitrogens with one attached hydrogen (secondary N) is 1. The average Bonchev–Trinajstić information content (AvgIpc) is 3.48. The van der Waals surface area contributed by atoms with E-state index in [1.807, 2.05) is 35.3 Å². The predicted octanol–water partition coefficient (Wildman–Crippen LogP) is 4.53. The molecule has 0 radical (unpaired) electrons. The Balaban J connectivity index is 1.23. The van der Waals surface area contributed by atoms with Crippen molar-refractivity contribution < 1.29 is 9.53 Å². The number of aryl methyl sites for hydroxylation is 1. The second kappa shape index (κ2) is 10.5. The first-order chi connectivity index (χ1) is 15.1. The first kappa shape index (κ1) is 22.2. The van der Waals surface area contributed by atoms with Crippen molar-refractivity contribution in [3.8, 4) is 5.75 Å². The number of carbonyl (C=O) groups excluding carboxylic acids is 1. The average molecular weight is 445 g/mol. The van der Waals surface area contributed by atoms with Gasteiger partial charge in [0.15, 0.2) is 0 Å². The maximum absolute atomic E-state index is 12.5. The van der Waals surface area contributed by atoms with Crippen molar-refractivity contribution >= 4 is 17.5 Å². The minimum absolute atomic E-state index is 0.0437. The molecule has 1 aromatic carbocycles. The van der Waals surface area contributed by atoms with Crippen LogP contribution in [0, 0.1) is 0 Å². The van der Waals surface area contributed by atoms with Gasteiger partial charge < -0.3 is 15.0 Å². The normalized spacial score (nSPS) is 19.4. The second-order valence-corrected chi connectivity index (χ2v) is 9.27. The quantitative estimate of drug-likeness (QED) is 0.649. The first-order valence-corrected chi connectivity index (χ1v) is 11.9. The van der Waals surface area contributed by atoms with Crippen molar-refractivity contribution in [2.75, 3.05) is 13.1 Å². The Kier molecular flexibility index (Phi) is 7.51. The predicted molar refractivity (Wildman–Crippen MR) is 123 cm³/mol. The van der Waals surface area contributed by atoms with Crippen LogP contribution >= 0.6 is 11.6 Å². The van der Waals surface area contributed by atoms with Gasteiger partial charge in [-0.2, -0.15) is 5.10 Å². The fourth-order valence-corrected chi connectivity index (χ4v) is 4.85. The number of amides is 1. The Hall–Kier alpha value is -2.05. The number of halogens is 1. The highest BCUT2D eigenvalue weighted by molar-refractivity contribution is 6.32. The number of ether oxygens (including phenoxy) is 1. The molecule has 7 heteroatoms. The van der Waals surface area contributed by atoms with E-state index in [-0.39, 0.29) is 12.0 Å². The summed E-state index contributed by atoms with van der Waals surface area (Å²) in [5, 5.41) is 7.90. The molecule has 1 saturated heterocycles. The molecule has 2 fully saturated rings. The van der Waals surface area contributed by atoms with Gasteiger partial charge in [0.25, 0.3) is 5.91 Å². The molecule has 31 heavy (non-hydrogen) atoms. The third kappa shape index (κ3) is 6.01. The van der Waals surface area contributed by atoms with E-state index in [0.29, 0.717) is 28.4 Å². The summed E-state index contributed by atoms with van der Waals surface area (Å²) in [6.07, 6.45) is 11.6. The van der Waals surface area contributed by atoms with Gasteiger partial charge in [-0.3, -0.25) is 9.48 Å². The molecular weight excluding hydrogens is 412 g/mol. The number of carbonyl (C=O) groups is 1. The number of hydrogen-bond donors (Lipinski definition) is 1. The lowest BCUT2D eigenvalue weighted by Crippen LogP contribution is -2.43. The number of aromatic nitrogens is 2. The Bertz CT molecular complexity index is 843. The maximum atomic E-state index is 12.5. The summed E-state index contributed by atoms with van der Waals surface area (Å²) in [5.74, 6) is 0.627. The van der Waals surface area contributed by atoms with Gasteiger partial charge in [-0.05, 0) is 63.3 Å². The number of nitrogens with zero attached hydrogens (tertiary/aromatic N) is 3. The van der Waals surface area contributed by atoms with Crippen LogP contribution in [0.4, 0.5) is 0 Å². The first-order valence-electron chi connectivity index (χ1n) is 11.6. The minimum Gasteiger partial charge on any atom is -0.489 e. The lowest BCUT2D eigenvalue weighted by Gasteiger charge is -2.36. The third-order valence-corrected chi connectivity index (χ3v) is 6.91. The van der Waals surface area contributed by atoms with E-state index in [0.717, 1.165) is 51.7 Å². The summed E-state index contributed by atoms with van der Waals surface area (Å²) >= 11 is 6.45. The van der Waals surface area contributed by atoms with E-state index in [4.69, 9.17) is 16.3 Å². The van der Waals surface area contributed by atoms with Gasteiger partial charge in [0, 0.05) is 49.7 Å². The van der Waals surface area contributed by atoms with Gasteiger partial charge >= 0.3 is 0 Å². The molecule has 168 valence electrons. The largest absolute Gasteiger partial charge is 0.489 e. The highest BCUT2D eigenvalue weighted by Gasteiger charge is 2.25. The molecule has 1 aromatic heterocycles. The summed E-state index contributed by atoms with van der Waals surface area (Å²) in [5.41, 5.74) is 0.602. The van der Waals surface area contributed by atoms with Crippen LogP contribution in [-0.2, 0) is 6.54 Å². The zero-order valence-electron chi connectivity index (χ0n) is 18.3. The minimum atomic E-state index is -0.0437. The number of likely N-dealkylation sites (tertiary alicyclic amines) is 1. The van der Waals surface area contributed by atoms with E-state index >= 15 is 0 Å². The van der Waals surface area contributed by atoms with E-state index in [1.54, 1.807) is 6.07 Å². The molecule has 1 atom stereocenters. The van der Waals surface area contributed by atoms with Crippen LogP contribution < -0.4 is 10.1 Å². The highest BCUT2D eigenvalue weighted by atomic mass is 35.5. The van der Waals surface area contributed by atoms with Crippen molar-refractivity contribution in [3.63, 3.8) is 0 Å². The van der Waals surface area contributed by atoms with Gasteiger partial charge in [0.1, 0.15) is 11.9 Å². The van der Waals surface area contributed by atoms with Crippen LogP contribution in [0.2, 0.25) is 5.02 Å². The molecule has 1 saturated carbocycles. The van der Waals surface area contributed by atoms with E-state index in [2.05, 4.69) is 22.2 Å². The van der Waals surface area contributed by atoms with E-state index in [1.165, 1.54) is 12.8 Å². The number of benzene rings is 1. The van der Waals surface area contributed by atoms with Crippen LogP contribution in [0.3, 0.4) is 0 Å². The highest BCUT2D eigenvalue weighted by Crippen LogP contribution is 2.29. The SMILES string of the molecule is C[C@H](CCn1cccn1)N1CCC(Oc2ccc(C(=O)NC3CCCC3)cc2Cl)CC1. The van der Waals surface area contributed by atoms with Crippen molar-refractivity contribution in [3.05, 3.63) is 47.2 Å². The van der Waals surface area contributed by atoms with Crippen LogP contribution in [0.15, 0.2) is 36.7 Å². The molecule has 4 rings (SSSR count). The Morgan fingerprint density at radius 1 is 1.26 bits per heavy atom. The molecule has 0 spiro atoms. The van der Waals surface area contributed by atoms with Crippen LogP contribution in [0.25, 0.3) is 0 Å². The fourth-order valence-electron chi connectivity index (χ4n) is 4.62. The molecule has 1 amide bonds. The zero-order valence-corrected chi connectivity index (χ0v) is 19.1. The van der Waals surface area contributed by atoms with Crippen molar-refractivity contribution in [1.29, 1.82) is 0 Å². The summed E-state index contributed by atoms with van der Waals surface area (Å²) in [7, 11) is 0. The third-order valence-electron chi connectivity index (χ3n) is 6.61. The lowest BCUT2D eigenvalue weighted by molar-refractivity contribution is 0.0760. The molecule has 6 nitrogen and oxygen atoms in total. The van der Waals surface area contributed by atoms with Gasteiger partial charge in [-0.15, -0.1) is 0 Å². The number of piperidine rings is 1. The van der Waals surface area contributed by atoms with Crippen molar-refractivity contribution in [2.24, 2.45) is 0 Å². The molecule has 0 bridgehead atoms. The fraction of sp³-hybridized carbons (Fsp3) is 0.583. The monoisotopic (exact) mass is 444 g/mol. The summed E-state index contributed by atoms with van der Waals surface area (Å²) in [6.45, 7) is 5.27. The molecule has 1 N–H and O–H groups in total.